The number of carbonyl (C=O) groups is 2. The van der Waals surface area contributed by atoms with E-state index < -0.39 is 33.5 Å². The number of urea groups is 1. The Morgan fingerprint density at radius 1 is 1.17 bits per heavy atom. The van der Waals surface area contributed by atoms with Crippen LogP contribution in [0.1, 0.15) is 17.7 Å². The Morgan fingerprint density at radius 3 is 2.69 bits per heavy atom. The summed E-state index contributed by atoms with van der Waals surface area (Å²) < 4.78 is 40.0. The second kappa shape index (κ2) is 8.91. The molecule has 3 aromatic rings. The summed E-state index contributed by atoms with van der Waals surface area (Å²) in [5.74, 6) is -0.106. The Kier molecular flexibility index (Phi) is 5.91. The Morgan fingerprint density at radius 2 is 1.94 bits per heavy atom. The Balaban J connectivity index is 1.30. The first-order valence-electron chi connectivity index (χ1n) is 11.1. The van der Waals surface area contributed by atoms with E-state index in [2.05, 4.69) is 20.3 Å². The first kappa shape index (κ1) is 23.2. The minimum atomic E-state index is -3.98. The van der Waals surface area contributed by atoms with E-state index in [1.807, 2.05) is 37.3 Å². The summed E-state index contributed by atoms with van der Waals surface area (Å²) in [6.07, 6.45) is 0.230. The van der Waals surface area contributed by atoms with Crippen molar-refractivity contribution >= 4 is 32.9 Å². The predicted octanol–water partition coefficient (Wildman–Crippen LogP) is 1.77. The number of ether oxygens (including phenoxy) is 2. The lowest BCUT2D eigenvalue weighted by Gasteiger charge is -2.38. The van der Waals surface area contributed by atoms with E-state index in [4.69, 9.17) is 9.47 Å². The van der Waals surface area contributed by atoms with E-state index in [1.165, 1.54) is 12.1 Å². The van der Waals surface area contributed by atoms with Gasteiger partial charge < -0.3 is 14.8 Å². The van der Waals surface area contributed by atoms with Crippen molar-refractivity contribution in [1.29, 1.82) is 0 Å². The summed E-state index contributed by atoms with van der Waals surface area (Å²) in [6.45, 7) is 2.36. The lowest BCUT2D eigenvalue weighted by Crippen LogP contribution is -2.67. The van der Waals surface area contributed by atoms with Crippen molar-refractivity contribution in [3.8, 4) is 5.75 Å². The van der Waals surface area contributed by atoms with Gasteiger partial charge in [-0.2, -0.15) is 0 Å². The number of nitrogens with one attached hydrogen (secondary N) is 3. The quantitative estimate of drug-likeness (QED) is 0.443. The van der Waals surface area contributed by atoms with Gasteiger partial charge in [-0.3, -0.25) is 15.1 Å². The molecule has 3 heterocycles. The number of fused-ring (bicyclic) bond motifs is 1. The molecule has 1 spiro atoms. The van der Waals surface area contributed by atoms with Crippen molar-refractivity contribution < 1.29 is 27.5 Å². The van der Waals surface area contributed by atoms with Gasteiger partial charge in [-0.1, -0.05) is 18.2 Å². The van der Waals surface area contributed by atoms with E-state index in [0.717, 1.165) is 22.2 Å². The number of aryl methyl sites for hydroxylation is 1. The highest BCUT2D eigenvalue weighted by molar-refractivity contribution is 7.89. The molecule has 35 heavy (non-hydrogen) atoms. The maximum atomic E-state index is 13.1. The number of imide groups is 1. The fraction of sp³-hybridized carbons (Fsp3) is 0.292. The number of sulfonamides is 1. The monoisotopic (exact) mass is 496 g/mol. The smallest absolute Gasteiger partial charge is 0.322 e. The molecule has 0 bridgehead atoms. The maximum absolute atomic E-state index is 13.1. The van der Waals surface area contributed by atoms with Crippen LogP contribution in [0.25, 0.3) is 10.9 Å². The summed E-state index contributed by atoms with van der Waals surface area (Å²) in [4.78, 5) is 28.7. The SMILES string of the molecule is Cc1cc(COc2ccc(S(=O)(=O)NC3CCOCC34NC(=O)NC4=O)cc2)c2ccccc2n1. The number of aromatic nitrogens is 1. The molecule has 0 aliphatic carbocycles. The van der Waals surface area contributed by atoms with Crippen LogP contribution < -0.4 is 20.1 Å². The summed E-state index contributed by atoms with van der Waals surface area (Å²) in [5.41, 5.74) is 1.27. The number of benzene rings is 2. The van der Waals surface area contributed by atoms with Crippen molar-refractivity contribution in [2.45, 2.75) is 36.4 Å². The number of hydrogen-bond donors (Lipinski definition) is 3. The van der Waals surface area contributed by atoms with E-state index in [1.54, 1.807) is 12.1 Å². The standard InChI is InChI=1S/C24H24N4O6S/c1-15-12-16(19-4-2-3-5-20(19)25-15)13-34-17-6-8-18(9-7-17)35(31,32)28-21-10-11-33-14-24(21)22(29)26-23(30)27-24/h2-9,12,21,28H,10-11,13-14H2,1H3,(H2,26,27,29,30). The van der Waals surface area contributed by atoms with Crippen LogP contribution in [-0.2, 0) is 26.2 Å². The molecular formula is C24H24N4O6S. The molecule has 1 aromatic heterocycles. The number of para-hydroxylation sites is 1. The molecule has 3 amide bonds. The molecule has 2 aliphatic heterocycles. The predicted molar refractivity (Wildman–Crippen MR) is 126 cm³/mol. The first-order chi connectivity index (χ1) is 16.8. The molecule has 2 atom stereocenters. The second-order valence-electron chi connectivity index (χ2n) is 8.59. The van der Waals surface area contributed by atoms with Crippen LogP contribution in [0.15, 0.2) is 59.5 Å². The van der Waals surface area contributed by atoms with Crippen LogP contribution >= 0.6 is 0 Å². The zero-order valence-corrected chi connectivity index (χ0v) is 19.7. The number of pyridine rings is 1. The number of nitrogens with zero attached hydrogens (tertiary/aromatic N) is 1. The van der Waals surface area contributed by atoms with Gasteiger partial charge in [0, 0.05) is 23.3 Å². The highest BCUT2D eigenvalue weighted by atomic mass is 32.2. The normalized spacial score (nSPS) is 22.3. The Hall–Kier alpha value is -3.54. The van der Waals surface area contributed by atoms with Gasteiger partial charge in [0.05, 0.1) is 23.1 Å². The minimum Gasteiger partial charge on any atom is -0.489 e. The van der Waals surface area contributed by atoms with Crippen molar-refractivity contribution in [1.82, 2.24) is 20.3 Å². The molecule has 0 saturated carbocycles. The van der Waals surface area contributed by atoms with Gasteiger partial charge in [0.2, 0.25) is 10.0 Å². The summed E-state index contributed by atoms with van der Waals surface area (Å²) in [5, 5.41) is 5.68. The van der Waals surface area contributed by atoms with Gasteiger partial charge >= 0.3 is 6.03 Å². The molecule has 0 radical (unpaired) electrons. The fourth-order valence-electron chi connectivity index (χ4n) is 4.44. The Bertz CT molecular complexity index is 1410. The van der Waals surface area contributed by atoms with Crippen molar-refractivity contribution in [2.75, 3.05) is 13.2 Å². The number of hydrogen-bond acceptors (Lipinski definition) is 7. The third-order valence-electron chi connectivity index (χ3n) is 6.20. The third kappa shape index (κ3) is 4.45. The molecule has 2 fully saturated rings. The maximum Gasteiger partial charge on any atom is 0.322 e. The van der Waals surface area contributed by atoms with Gasteiger partial charge in [-0.05, 0) is 49.7 Å². The van der Waals surface area contributed by atoms with E-state index in [0.29, 0.717) is 12.4 Å². The van der Waals surface area contributed by atoms with Gasteiger partial charge in [0.1, 0.15) is 12.4 Å². The second-order valence-corrected chi connectivity index (χ2v) is 10.3. The van der Waals surface area contributed by atoms with E-state index in [9.17, 15) is 18.0 Å². The van der Waals surface area contributed by atoms with Crippen LogP contribution in [-0.4, -0.2) is 50.1 Å². The zero-order valence-electron chi connectivity index (χ0n) is 18.9. The molecule has 2 unspecified atom stereocenters. The molecule has 3 N–H and O–H groups in total. The lowest BCUT2D eigenvalue weighted by molar-refractivity contribution is -0.130. The minimum absolute atomic E-state index is 0.0152. The molecule has 2 aliphatic rings. The number of carbonyl (C=O) groups excluding carboxylic acids is 2. The molecule has 10 nitrogen and oxygen atoms in total. The lowest BCUT2D eigenvalue weighted by atomic mass is 9.88. The van der Waals surface area contributed by atoms with Gasteiger partial charge in [-0.15, -0.1) is 0 Å². The average molecular weight is 497 g/mol. The van der Waals surface area contributed by atoms with Gasteiger partial charge in [-0.25, -0.2) is 17.9 Å². The topological polar surface area (TPSA) is 136 Å². The molecule has 182 valence electrons. The highest BCUT2D eigenvalue weighted by Crippen LogP contribution is 2.26. The zero-order chi connectivity index (χ0) is 24.6. The van der Waals surface area contributed by atoms with Crippen LogP contribution in [0.3, 0.4) is 0 Å². The average Bonchev–Trinajstić information content (AvgIpc) is 3.12. The number of rotatable bonds is 6. The largest absolute Gasteiger partial charge is 0.489 e. The first-order valence-corrected chi connectivity index (χ1v) is 12.6. The highest BCUT2D eigenvalue weighted by Gasteiger charge is 2.55. The molecular weight excluding hydrogens is 472 g/mol. The van der Waals surface area contributed by atoms with Gasteiger partial charge in [0.15, 0.2) is 5.54 Å². The molecule has 11 heteroatoms. The third-order valence-corrected chi connectivity index (χ3v) is 7.69. The van der Waals surface area contributed by atoms with Crippen LogP contribution in [0.2, 0.25) is 0 Å². The summed E-state index contributed by atoms with van der Waals surface area (Å²) in [7, 11) is -3.98. The summed E-state index contributed by atoms with van der Waals surface area (Å²) in [6, 6.07) is 14.3. The van der Waals surface area contributed by atoms with Crippen LogP contribution in [0.5, 0.6) is 5.75 Å². The fourth-order valence-corrected chi connectivity index (χ4v) is 5.76. The van der Waals surface area contributed by atoms with Crippen molar-refractivity contribution in [2.24, 2.45) is 0 Å². The van der Waals surface area contributed by atoms with E-state index in [-0.39, 0.29) is 24.5 Å². The summed E-state index contributed by atoms with van der Waals surface area (Å²) >= 11 is 0. The molecule has 5 rings (SSSR count). The Labute approximate surface area is 202 Å². The van der Waals surface area contributed by atoms with Crippen molar-refractivity contribution in [3.05, 3.63) is 65.9 Å². The number of amides is 3. The molecule has 2 saturated heterocycles. The van der Waals surface area contributed by atoms with Crippen molar-refractivity contribution in [3.63, 3.8) is 0 Å². The molecule has 2 aromatic carbocycles. The van der Waals surface area contributed by atoms with E-state index >= 15 is 0 Å². The van der Waals surface area contributed by atoms with Crippen LogP contribution in [0.4, 0.5) is 4.79 Å². The van der Waals surface area contributed by atoms with Gasteiger partial charge in [0.25, 0.3) is 5.91 Å². The van der Waals surface area contributed by atoms with Crippen LogP contribution in [0, 0.1) is 6.92 Å².